The first-order valence-electron chi connectivity index (χ1n) is 9.04. The molecule has 3 aromatic rings. The standard InChI is InChI=1S/C19H23N5O4S/c1-22(13-6-14-28-29(25,26)27)16-11-9-15(10-12-16)20-21-19-23(2)17-7-4-5-8-18(17)24(19)3/h4-5,7-12H,6,13-14H2,1-3H3/p+1. The second kappa shape index (κ2) is 8.68. The lowest BCUT2D eigenvalue weighted by Gasteiger charge is -2.18. The van der Waals surface area contributed by atoms with Crippen molar-refractivity contribution in [2.75, 3.05) is 25.1 Å². The number of anilines is 1. The molecule has 0 amide bonds. The molecule has 0 radical (unpaired) electrons. The van der Waals surface area contributed by atoms with E-state index in [1.165, 1.54) is 0 Å². The molecule has 0 atom stereocenters. The largest absolute Gasteiger partial charge is 0.422 e. The summed E-state index contributed by atoms with van der Waals surface area (Å²) in [7, 11) is 1.42. The van der Waals surface area contributed by atoms with Gasteiger partial charge in [-0.15, -0.1) is 0 Å². The van der Waals surface area contributed by atoms with E-state index in [1.54, 1.807) is 0 Å². The second-order valence-electron chi connectivity index (χ2n) is 6.65. The monoisotopic (exact) mass is 418 g/mol. The summed E-state index contributed by atoms with van der Waals surface area (Å²) >= 11 is 0. The number of benzene rings is 2. The van der Waals surface area contributed by atoms with Gasteiger partial charge in [-0.05, 0) is 42.8 Å². The number of fused-ring (bicyclic) bond motifs is 1. The molecule has 0 unspecified atom stereocenters. The topological polar surface area (TPSA) is 100 Å². The molecule has 1 N–H and O–H groups in total. The highest BCUT2D eigenvalue weighted by molar-refractivity contribution is 7.80. The Bertz CT molecular complexity index is 1080. The van der Waals surface area contributed by atoms with Gasteiger partial charge in [0, 0.05) is 24.4 Å². The Hall–Kier alpha value is -2.82. The lowest BCUT2D eigenvalue weighted by atomic mass is 10.2. The highest BCUT2D eigenvalue weighted by Gasteiger charge is 2.18. The van der Waals surface area contributed by atoms with Crippen molar-refractivity contribution in [3.63, 3.8) is 0 Å². The van der Waals surface area contributed by atoms with Crippen molar-refractivity contribution in [2.24, 2.45) is 24.3 Å². The van der Waals surface area contributed by atoms with E-state index in [0.29, 0.717) is 13.0 Å². The van der Waals surface area contributed by atoms with Crippen LogP contribution in [0.25, 0.3) is 11.0 Å². The summed E-state index contributed by atoms with van der Waals surface area (Å²) in [6.07, 6.45) is 0.454. The lowest BCUT2D eigenvalue weighted by molar-refractivity contribution is -0.632. The SMILES string of the molecule is CN(CCCOS(=O)(=O)O)c1ccc(N=Nc2n(C)c3ccccc3[n+]2C)cc1. The smallest absolute Gasteiger partial charge is 0.375 e. The van der Waals surface area contributed by atoms with Crippen LogP contribution in [-0.2, 0) is 28.7 Å². The number of nitrogens with zero attached hydrogens (tertiary/aromatic N) is 5. The predicted molar refractivity (Wildman–Crippen MR) is 110 cm³/mol. The van der Waals surface area contributed by atoms with Crippen molar-refractivity contribution >= 4 is 38.8 Å². The van der Waals surface area contributed by atoms with Gasteiger partial charge < -0.3 is 4.90 Å². The van der Waals surface area contributed by atoms with Gasteiger partial charge in [-0.25, -0.2) is 13.3 Å². The average molecular weight is 418 g/mol. The molecule has 0 bridgehead atoms. The van der Waals surface area contributed by atoms with Gasteiger partial charge in [0.1, 0.15) is 16.7 Å². The maximum absolute atomic E-state index is 10.5. The molecule has 0 aliphatic carbocycles. The fraction of sp³-hybridized carbons (Fsp3) is 0.316. The van der Waals surface area contributed by atoms with Gasteiger partial charge >= 0.3 is 16.3 Å². The molecule has 9 nitrogen and oxygen atoms in total. The van der Waals surface area contributed by atoms with Crippen LogP contribution in [0.4, 0.5) is 17.3 Å². The van der Waals surface area contributed by atoms with Crippen LogP contribution in [0.1, 0.15) is 6.42 Å². The van der Waals surface area contributed by atoms with Gasteiger partial charge in [-0.1, -0.05) is 17.2 Å². The number of aromatic nitrogens is 2. The van der Waals surface area contributed by atoms with Gasteiger partial charge in [-0.2, -0.15) is 8.42 Å². The number of aryl methyl sites for hydroxylation is 2. The van der Waals surface area contributed by atoms with Crippen LogP contribution in [0.2, 0.25) is 0 Å². The van der Waals surface area contributed by atoms with Crippen molar-refractivity contribution in [3.05, 3.63) is 48.5 Å². The normalized spacial score (nSPS) is 12.1. The first kappa shape index (κ1) is 20.9. The number of imidazole rings is 1. The van der Waals surface area contributed by atoms with Crippen molar-refractivity contribution < 1.29 is 21.7 Å². The Kier molecular flexibility index (Phi) is 6.26. The molecule has 0 aliphatic heterocycles. The van der Waals surface area contributed by atoms with E-state index in [-0.39, 0.29) is 6.61 Å². The summed E-state index contributed by atoms with van der Waals surface area (Å²) in [4.78, 5) is 1.96. The van der Waals surface area contributed by atoms with Crippen molar-refractivity contribution in [1.29, 1.82) is 0 Å². The number of azo groups is 1. The fourth-order valence-electron chi connectivity index (χ4n) is 3.08. The first-order chi connectivity index (χ1) is 13.8. The summed E-state index contributed by atoms with van der Waals surface area (Å²) in [5.74, 6) is 0.742. The van der Waals surface area contributed by atoms with Crippen LogP contribution < -0.4 is 9.47 Å². The van der Waals surface area contributed by atoms with Crippen LogP contribution in [0, 0.1) is 0 Å². The van der Waals surface area contributed by atoms with E-state index in [4.69, 9.17) is 4.55 Å². The molecular weight excluding hydrogens is 394 g/mol. The van der Waals surface area contributed by atoms with Crippen LogP contribution in [-0.4, -0.2) is 37.7 Å². The Morgan fingerprint density at radius 3 is 2.48 bits per heavy atom. The van der Waals surface area contributed by atoms with Crippen molar-refractivity contribution in [1.82, 2.24) is 4.57 Å². The Balaban J connectivity index is 1.65. The molecule has 0 fully saturated rings. The molecule has 154 valence electrons. The summed E-state index contributed by atoms with van der Waals surface area (Å²) in [6.45, 7) is 0.500. The number of hydrogen-bond donors (Lipinski definition) is 1. The van der Waals surface area contributed by atoms with E-state index >= 15 is 0 Å². The van der Waals surface area contributed by atoms with Crippen molar-refractivity contribution in [2.45, 2.75) is 6.42 Å². The summed E-state index contributed by atoms with van der Waals surface area (Å²) in [6, 6.07) is 15.6. The van der Waals surface area contributed by atoms with Gasteiger partial charge in [0.15, 0.2) is 0 Å². The third kappa shape index (κ3) is 5.17. The summed E-state index contributed by atoms with van der Waals surface area (Å²) in [5, 5.41) is 8.76. The summed E-state index contributed by atoms with van der Waals surface area (Å²) < 4.78 is 37.9. The van der Waals surface area contributed by atoms with Crippen molar-refractivity contribution in [3.8, 4) is 0 Å². The molecule has 10 heteroatoms. The first-order valence-corrected chi connectivity index (χ1v) is 10.4. The Morgan fingerprint density at radius 1 is 1.14 bits per heavy atom. The maximum Gasteiger partial charge on any atom is 0.422 e. The molecule has 1 aromatic heterocycles. The Labute approximate surface area is 169 Å². The fourth-order valence-corrected chi connectivity index (χ4v) is 3.41. The van der Waals surface area contributed by atoms with E-state index in [0.717, 1.165) is 28.4 Å². The quantitative estimate of drug-likeness (QED) is 0.262. The molecular formula is C19H24N5O4S+. The van der Waals surface area contributed by atoms with Gasteiger partial charge in [-0.3, -0.25) is 4.55 Å². The molecule has 0 spiro atoms. The number of rotatable bonds is 8. The highest BCUT2D eigenvalue weighted by Crippen LogP contribution is 2.23. The van der Waals surface area contributed by atoms with Crippen LogP contribution in [0.15, 0.2) is 58.8 Å². The van der Waals surface area contributed by atoms with Crippen LogP contribution >= 0.6 is 0 Å². The van der Waals surface area contributed by atoms with Gasteiger partial charge in [0.2, 0.25) is 0 Å². The molecule has 29 heavy (non-hydrogen) atoms. The molecule has 0 saturated carbocycles. The van der Waals surface area contributed by atoms with Crippen LogP contribution in [0.5, 0.6) is 0 Å². The van der Waals surface area contributed by atoms with E-state index in [1.807, 2.05) is 83.7 Å². The minimum absolute atomic E-state index is 0.0719. The highest BCUT2D eigenvalue weighted by atomic mass is 32.3. The zero-order chi connectivity index (χ0) is 21.0. The average Bonchev–Trinajstić information content (AvgIpc) is 2.94. The zero-order valence-corrected chi connectivity index (χ0v) is 17.4. The van der Waals surface area contributed by atoms with E-state index in [9.17, 15) is 8.42 Å². The minimum atomic E-state index is -4.38. The van der Waals surface area contributed by atoms with E-state index in [2.05, 4.69) is 14.4 Å². The molecule has 0 saturated heterocycles. The molecule has 0 aliphatic rings. The number of para-hydroxylation sites is 2. The Morgan fingerprint density at radius 2 is 1.83 bits per heavy atom. The van der Waals surface area contributed by atoms with E-state index < -0.39 is 10.4 Å². The lowest BCUT2D eigenvalue weighted by Crippen LogP contribution is -2.26. The molecule has 3 rings (SSSR count). The summed E-state index contributed by atoms with van der Waals surface area (Å²) in [5.41, 5.74) is 3.84. The van der Waals surface area contributed by atoms with Gasteiger partial charge in [0.25, 0.3) is 0 Å². The molecule has 2 aromatic carbocycles. The zero-order valence-electron chi connectivity index (χ0n) is 16.6. The van der Waals surface area contributed by atoms with Crippen LogP contribution in [0.3, 0.4) is 0 Å². The molecule has 1 heterocycles. The third-order valence-corrected chi connectivity index (χ3v) is 5.08. The third-order valence-electron chi connectivity index (χ3n) is 4.62. The number of hydrogen-bond acceptors (Lipinski definition) is 6. The predicted octanol–water partition coefficient (Wildman–Crippen LogP) is 3.06. The second-order valence-corrected chi connectivity index (χ2v) is 7.74. The maximum atomic E-state index is 10.5. The minimum Gasteiger partial charge on any atom is -0.375 e. The van der Waals surface area contributed by atoms with Gasteiger partial charge in [0.05, 0.1) is 20.7 Å².